The second kappa shape index (κ2) is 10.0. The van der Waals surface area contributed by atoms with Crippen LogP contribution in [0.2, 0.25) is 5.02 Å². The van der Waals surface area contributed by atoms with Gasteiger partial charge in [-0.25, -0.2) is 21.6 Å². The summed E-state index contributed by atoms with van der Waals surface area (Å²) in [5, 5.41) is 9.05. The molecule has 0 radical (unpaired) electrons. The van der Waals surface area contributed by atoms with Gasteiger partial charge in [-0.2, -0.15) is 13.2 Å². The second-order valence-electron chi connectivity index (χ2n) is 8.20. The Morgan fingerprint density at radius 3 is 2.32 bits per heavy atom. The lowest BCUT2D eigenvalue weighted by Gasteiger charge is -2.12. The molecule has 0 atom stereocenters. The fraction of sp³-hybridized carbons (Fsp3) is 0.115. The quantitative estimate of drug-likeness (QED) is 0.261. The SMILES string of the molecule is O=C(O)c1ccc(Cc2cc3cc(C(F)(F)F)ccc3n2S(=O)(=O)CC=Cc2ccc(F)c(Cl)c2)cc1. The molecule has 37 heavy (non-hydrogen) atoms. The lowest BCUT2D eigenvalue weighted by Crippen LogP contribution is -2.18. The van der Waals surface area contributed by atoms with E-state index in [1.54, 1.807) is 0 Å². The average molecular weight is 552 g/mol. The van der Waals surface area contributed by atoms with Crippen molar-refractivity contribution in [2.45, 2.75) is 12.6 Å². The highest BCUT2D eigenvalue weighted by Gasteiger charge is 2.31. The number of aromatic carboxylic acids is 1. The third-order valence-corrected chi connectivity index (χ3v) is 7.47. The molecule has 0 amide bonds. The Hall–Kier alpha value is -3.63. The van der Waals surface area contributed by atoms with Gasteiger partial charge in [0.05, 0.1) is 27.4 Å². The molecule has 0 fully saturated rings. The maximum absolute atomic E-state index is 13.4. The van der Waals surface area contributed by atoms with E-state index >= 15 is 0 Å². The molecule has 1 aromatic heterocycles. The minimum absolute atomic E-state index is 0.0203. The zero-order valence-corrected chi connectivity index (χ0v) is 20.4. The molecule has 0 bridgehead atoms. The van der Waals surface area contributed by atoms with Crippen molar-refractivity contribution in [3.05, 3.63) is 112 Å². The summed E-state index contributed by atoms with van der Waals surface area (Å²) < 4.78 is 81.0. The largest absolute Gasteiger partial charge is 0.478 e. The van der Waals surface area contributed by atoms with Crippen molar-refractivity contribution >= 4 is 44.6 Å². The van der Waals surface area contributed by atoms with Crippen molar-refractivity contribution in [1.29, 1.82) is 0 Å². The lowest BCUT2D eigenvalue weighted by molar-refractivity contribution is -0.137. The van der Waals surface area contributed by atoms with Crippen molar-refractivity contribution in [2.24, 2.45) is 0 Å². The van der Waals surface area contributed by atoms with E-state index in [1.807, 2.05) is 0 Å². The van der Waals surface area contributed by atoms with E-state index in [-0.39, 0.29) is 33.6 Å². The first kappa shape index (κ1) is 26.4. The Labute approximate surface area is 214 Å². The molecular formula is C26H18ClF4NO4S. The van der Waals surface area contributed by atoms with E-state index in [0.29, 0.717) is 11.1 Å². The summed E-state index contributed by atoms with van der Waals surface area (Å²) in [5.41, 5.74) is 0.432. The summed E-state index contributed by atoms with van der Waals surface area (Å²) in [7, 11) is -4.11. The predicted octanol–water partition coefficient (Wildman–Crippen LogP) is 6.63. The van der Waals surface area contributed by atoms with E-state index in [1.165, 1.54) is 54.6 Å². The molecule has 0 saturated heterocycles. The third kappa shape index (κ3) is 5.86. The van der Waals surface area contributed by atoms with Gasteiger partial charge in [-0.1, -0.05) is 42.0 Å². The Kier molecular flexibility index (Phi) is 7.16. The van der Waals surface area contributed by atoms with Crippen LogP contribution in [0.15, 0.2) is 72.8 Å². The first-order chi connectivity index (χ1) is 17.3. The lowest BCUT2D eigenvalue weighted by atomic mass is 10.1. The van der Waals surface area contributed by atoms with Crippen LogP contribution in [0, 0.1) is 5.82 Å². The molecule has 3 aromatic carbocycles. The van der Waals surface area contributed by atoms with Crippen LogP contribution in [0.25, 0.3) is 17.0 Å². The van der Waals surface area contributed by atoms with Crippen LogP contribution in [-0.2, 0) is 22.6 Å². The van der Waals surface area contributed by atoms with Gasteiger partial charge in [-0.3, -0.25) is 0 Å². The first-order valence-corrected chi connectivity index (χ1v) is 12.7. The van der Waals surface area contributed by atoms with Crippen LogP contribution in [0.4, 0.5) is 17.6 Å². The normalized spacial score (nSPS) is 12.5. The standard InChI is InChI=1S/C26H18ClF4NO4S/c27-22-13-16(5-9-23(22)28)2-1-11-37(35,36)32-21(12-17-3-6-18(7-4-17)25(33)34)15-19-14-20(26(29,30)31)8-10-24(19)32/h1-10,13-15H,11-12H2,(H,33,34). The Morgan fingerprint density at radius 1 is 1.00 bits per heavy atom. The fourth-order valence-electron chi connectivity index (χ4n) is 3.85. The number of hydrogen-bond acceptors (Lipinski definition) is 3. The number of nitrogens with zero attached hydrogens (tertiary/aromatic N) is 1. The van der Waals surface area contributed by atoms with Crippen molar-refractivity contribution in [2.75, 3.05) is 5.75 Å². The Morgan fingerprint density at radius 2 is 1.70 bits per heavy atom. The monoisotopic (exact) mass is 551 g/mol. The number of carboxylic acids is 1. The van der Waals surface area contributed by atoms with Crippen LogP contribution in [0.3, 0.4) is 0 Å². The number of carboxylic acid groups (broad SMARTS) is 1. The number of halogens is 5. The van der Waals surface area contributed by atoms with Crippen LogP contribution >= 0.6 is 11.6 Å². The molecule has 0 aliphatic heterocycles. The van der Waals surface area contributed by atoms with E-state index in [2.05, 4.69) is 0 Å². The molecule has 0 saturated carbocycles. The smallest absolute Gasteiger partial charge is 0.416 e. The predicted molar refractivity (Wildman–Crippen MR) is 133 cm³/mol. The molecule has 11 heteroatoms. The number of carbonyl (C=O) groups is 1. The van der Waals surface area contributed by atoms with Crippen LogP contribution in [0.1, 0.15) is 32.7 Å². The number of hydrogen-bond donors (Lipinski definition) is 1. The molecular weight excluding hydrogens is 534 g/mol. The summed E-state index contributed by atoms with van der Waals surface area (Å²) in [6.07, 6.45) is -1.81. The van der Waals surface area contributed by atoms with Crippen LogP contribution in [-0.4, -0.2) is 29.2 Å². The van der Waals surface area contributed by atoms with Crippen molar-refractivity contribution in [1.82, 2.24) is 3.97 Å². The van der Waals surface area contributed by atoms with Gasteiger partial charge in [0.1, 0.15) is 5.82 Å². The molecule has 1 heterocycles. The number of rotatable bonds is 7. The second-order valence-corrected chi connectivity index (χ2v) is 10.5. The van der Waals surface area contributed by atoms with Crippen LogP contribution in [0.5, 0.6) is 0 Å². The van der Waals surface area contributed by atoms with E-state index in [0.717, 1.165) is 28.2 Å². The van der Waals surface area contributed by atoms with Gasteiger partial charge in [0.2, 0.25) is 10.0 Å². The molecule has 4 aromatic rings. The minimum atomic E-state index is -4.61. The molecule has 0 unspecified atom stereocenters. The first-order valence-electron chi connectivity index (χ1n) is 10.7. The maximum Gasteiger partial charge on any atom is 0.416 e. The highest BCUT2D eigenvalue weighted by atomic mass is 35.5. The van der Waals surface area contributed by atoms with Gasteiger partial charge >= 0.3 is 12.1 Å². The highest BCUT2D eigenvalue weighted by Crippen LogP contribution is 2.33. The van der Waals surface area contributed by atoms with E-state index in [4.69, 9.17) is 16.7 Å². The third-order valence-electron chi connectivity index (χ3n) is 5.58. The summed E-state index contributed by atoms with van der Waals surface area (Å²) in [4.78, 5) is 11.1. The van der Waals surface area contributed by atoms with Gasteiger partial charge in [0, 0.05) is 17.5 Å². The Balaban J connectivity index is 1.75. The summed E-state index contributed by atoms with van der Waals surface area (Å²) in [5.74, 6) is -2.25. The van der Waals surface area contributed by atoms with Gasteiger partial charge in [-0.05, 0) is 59.7 Å². The molecule has 4 rings (SSSR count). The van der Waals surface area contributed by atoms with Gasteiger partial charge in [0.15, 0.2) is 0 Å². The molecule has 0 spiro atoms. The summed E-state index contributed by atoms with van der Waals surface area (Å²) >= 11 is 5.76. The maximum atomic E-state index is 13.4. The van der Waals surface area contributed by atoms with E-state index < -0.39 is 39.3 Å². The highest BCUT2D eigenvalue weighted by molar-refractivity contribution is 7.90. The Bertz CT molecular complexity index is 1630. The van der Waals surface area contributed by atoms with Crippen molar-refractivity contribution in [3.8, 4) is 0 Å². The topological polar surface area (TPSA) is 76.4 Å². The van der Waals surface area contributed by atoms with E-state index in [9.17, 15) is 30.8 Å². The zero-order valence-electron chi connectivity index (χ0n) is 18.8. The summed E-state index contributed by atoms with van der Waals surface area (Å²) in [6.45, 7) is 0. The molecule has 1 N–H and O–H groups in total. The van der Waals surface area contributed by atoms with Gasteiger partial charge < -0.3 is 5.11 Å². The van der Waals surface area contributed by atoms with Gasteiger partial charge in [0.25, 0.3) is 0 Å². The molecule has 0 aliphatic carbocycles. The number of benzene rings is 3. The van der Waals surface area contributed by atoms with Crippen LogP contribution < -0.4 is 0 Å². The van der Waals surface area contributed by atoms with Gasteiger partial charge in [-0.15, -0.1) is 0 Å². The molecule has 0 aliphatic rings. The van der Waals surface area contributed by atoms with Crippen molar-refractivity contribution < 1.29 is 35.9 Å². The zero-order chi connectivity index (χ0) is 27.0. The number of aromatic nitrogens is 1. The fourth-order valence-corrected chi connectivity index (χ4v) is 5.46. The summed E-state index contributed by atoms with van der Waals surface area (Å²) in [6, 6.07) is 13.8. The molecule has 5 nitrogen and oxygen atoms in total. The van der Waals surface area contributed by atoms with Crippen molar-refractivity contribution in [3.63, 3.8) is 0 Å². The number of alkyl halides is 3. The average Bonchev–Trinajstić information content (AvgIpc) is 3.19. The minimum Gasteiger partial charge on any atom is -0.478 e. The number of fused-ring (bicyclic) bond motifs is 1. The molecule has 192 valence electrons.